The van der Waals surface area contributed by atoms with Crippen molar-refractivity contribution in [3.63, 3.8) is 0 Å². The van der Waals surface area contributed by atoms with Crippen LogP contribution in [0, 0.1) is 0 Å². The largest absolute Gasteiger partial charge is 0.495 e. The zero-order valence-corrected chi connectivity index (χ0v) is 19.7. The molecule has 0 atom stereocenters. The lowest BCUT2D eigenvalue weighted by Crippen LogP contribution is -2.40. The topological polar surface area (TPSA) is 102 Å². The molecule has 0 unspecified atom stereocenters. The minimum Gasteiger partial charge on any atom is -0.495 e. The van der Waals surface area contributed by atoms with Crippen molar-refractivity contribution >= 4 is 25.7 Å². The molecular weight excluding hydrogens is 440 g/mol. The van der Waals surface area contributed by atoms with Gasteiger partial charge in [0.1, 0.15) is 5.75 Å². The molecule has 0 amide bonds. The summed E-state index contributed by atoms with van der Waals surface area (Å²) in [4.78, 5) is -0.00250. The lowest BCUT2D eigenvalue weighted by Gasteiger charge is -2.26. The van der Waals surface area contributed by atoms with Crippen molar-refractivity contribution < 1.29 is 26.3 Å². The van der Waals surface area contributed by atoms with E-state index in [1.54, 1.807) is 12.1 Å². The Morgan fingerprint density at radius 2 is 1.52 bits per heavy atom. The van der Waals surface area contributed by atoms with Crippen LogP contribution in [0.4, 0.5) is 5.69 Å². The summed E-state index contributed by atoms with van der Waals surface area (Å²) >= 11 is 0. The van der Waals surface area contributed by atoms with Gasteiger partial charge in [-0.1, -0.05) is 26.8 Å². The third-order valence-electron chi connectivity index (χ3n) is 5.05. The Balaban J connectivity index is 1.88. The van der Waals surface area contributed by atoms with Crippen LogP contribution in [0.2, 0.25) is 0 Å². The highest BCUT2D eigenvalue weighted by atomic mass is 32.2. The van der Waals surface area contributed by atoms with E-state index in [1.165, 1.54) is 35.7 Å². The van der Waals surface area contributed by atoms with Crippen molar-refractivity contribution in [1.82, 2.24) is 4.31 Å². The molecule has 31 heavy (non-hydrogen) atoms. The Bertz CT molecular complexity index is 1130. The Kier molecular flexibility index (Phi) is 6.66. The molecule has 1 aliphatic rings. The van der Waals surface area contributed by atoms with Crippen LogP contribution in [-0.2, 0) is 30.2 Å². The number of anilines is 1. The number of ether oxygens (including phenoxy) is 2. The average molecular weight is 469 g/mol. The van der Waals surface area contributed by atoms with E-state index >= 15 is 0 Å². The maximum Gasteiger partial charge on any atom is 0.262 e. The summed E-state index contributed by atoms with van der Waals surface area (Å²) in [5, 5.41) is 0. The normalized spacial score (nSPS) is 16.1. The summed E-state index contributed by atoms with van der Waals surface area (Å²) in [6.07, 6.45) is 0. The standard InChI is InChI=1S/C21H28N2O6S2/c1-21(2,3)16-5-10-20(28-4)19(15-16)22-30(24,25)17-6-8-18(9-7-17)31(26,27)23-11-13-29-14-12-23/h5-10,15,22H,11-14H2,1-4H3. The van der Waals surface area contributed by atoms with Gasteiger partial charge in [-0.05, 0) is 47.4 Å². The van der Waals surface area contributed by atoms with Crippen LogP contribution in [-0.4, -0.2) is 54.6 Å². The lowest BCUT2D eigenvalue weighted by atomic mass is 9.87. The molecular formula is C21H28N2O6S2. The number of methoxy groups -OCH3 is 1. The van der Waals surface area contributed by atoms with Gasteiger partial charge in [0.15, 0.2) is 0 Å². The van der Waals surface area contributed by atoms with Gasteiger partial charge < -0.3 is 9.47 Å². The number of sulfonamides is 2. The summed E-state index contributed by atoms with van der Waals surface area (Å²) in [6, 6.07) is 10.5. The fourth-order valence-corrected chi connectivity index (χ4v) is 5.65. The van der Waals surface area contributed by atoms with E-state index in [-0.39, 0.29) is 28.3 Å². The van der Waals surface area contributed by atoms with Crippen molar-refractivity contribution in [2.24, 2.45) is 0 Å². The maximum atomic E-state index is 13.0. The summed E-state index contributed by atoms with van der Waals surface area (Å²) in [6.45, 7) is 7.31. The molecule has 0 aromatic heterocycles. The first kappa shape index (κ1) is 23.5. The summed E-state index contributed by atoms with van der Waals surface area (Å²) < 4.78 is 65.8. The van der Waals surface area contributed by atoms with Crippen LogP contribution in [0.15, 0.2) is 52.3 Å². The van der Waals surface area contributed by atoms with Gasteiger partial charge in [0.05, 0.1) is 35.8 Å². The van der Waals surface area contributed by atoms with Crippen molar-refractivity contribution in [3.05, 3.63) is 48.0 Å². The van der Waals surface area contributed by atoms with E-state index in [1.807, 2.05) is 26.8 Å². The molecule has 0 spiro atoms. The quantitative estimate of drug-likeness (QED) is 0.700. The molecule has 1 aliphatic heterocycles. The summed E-state index contributed by atoms with van der Waals surface area (Å²) in [5.74, 6) is 0.392. The number of benzene rings is 2. The molecule has 1 saturated heterocycles. The first-order valence-electron chi connectivity index (χ1n) is 9.84. The van der Waals surface area contributed by atoms with Gasteiger partial charge >= 0.3 is 0 Å². The van der Waals surface area contributed by atoms with Crippen molar-refractivity contribution in [3.8, 4) is 5.75 Å². The average Bonchev–Trinajstić information content (AvgIpc) is 2.73. The molecule has 0 saturated carbocycles. The predicted molar refractivity (Wildman–Crippen MR) is 119 cm³/mol. The fraction of sp³-hybridized carbons (Fsp3) is 0.429. The molecule has 10 heteroatoms. The molecule has 1 heterocycles. The van der Waals surface area contributed by atoms with Crippen LogP contribution in [0.5, 0.6) is 5.75 Å². The van der Waals surface area contributed by atoms with E-state index in [2.05, 4.69) is 4.72 Å². The molecule has 0 bridgehead atoms. The first-order valence-corrected chi connectivity index (χ1v) is 12.8. The molecule has 1 fully saturated rings. The smallest absolute Gasteiger partial charge is 0.262 e. The maximum absolute atomic E-state index is 13.0. The first-order chi connectivity index (χ1) is 14.4. The van der Waals surface area contributed by atoms with E-state index in [0.29, 0.717) is 24.7 Å². The van der Waals surface area contributed by atoms with E-state index < -0.39 is 20.0 Å². The second-order valence-corrected chi connectivity index (χ2v) is 11.9. The molecule has 0 radical (unpaired) electrons. The van der Waals surface area contributed by atoms with Gasteiger partial charge in [0, 0.05) is 13.1 Å². The Morgan fingerprint density at radius 1 is 0.935 bits per heavy atom. The highest BCUT2D eigenvalue weighted by molar-refractivity contribution is 7.92. The van der Waals surface area contributed by atoms with E-state index in [0.717, 1.165) is 5.56 Å². The van der Waals surface area contributed by atoms with Crippen LogP contribution in [0.3, 0.4) is 0 Å². The highest BCUT2D eigenvalue weighted by Gasteiger charge is 2.27. The fourth-order valence-electron chi connectivity index (χ4n) is 3.18. The molecule has 2 aromatic rings. The van der Waals surface area contributed by atoms with E-state index in [9.17, 15) is 16.8 Å². The molecule has 3 rings (SSSR count). The Hall–Kier alpha value is -2.14. The monoisotopic (exact) mass is 468 g/mol. The van der Waals surface area contributed by atoms with Gasteiger partial charge in [-0.15, -0.1) is 0 Å². The third-order valence-corrected chi connectivity index (χ3v) is 8.35. The van der Waals surface area contributed by atoms with Gasteiger partial charge in [-0.3, -0.25) is 4.72 Å². The SMILES string of the molecule is COc1ccc(C(C)(C)C)cc1NS(=O)(=O)c1ccc(S(=O)(=O)N2CCOCC2)cc1. The van der Waals surface area contributed by atoms with Crippen LogP contribution in [0.1, 0.15) is 26.3 Å². The minimum absolute atomic E-state index is 0.0423. The predicted octanol–water partition coefficient (Wildman–Crippen LogP) is 2.81. The molecule has 170 valence electrons. The molecule has 0 aliphatic carbocycles. The Morgan fingerprint density at radius 3 is 2.06 bits per heavy atom. The van der Waals surface area contributed by atoms with Gasteiger partial charge in [0.2, 0.25) is 10.0 Å². The van der Waals surface area contributed by atoms with Crippen LogP contribution < -0.4 is 9.46 Å². The number of nitrogens with one attached hydrogen (secondary N) is 1. The third kappa shape index (κ3) is 5.20. The highest BCUT2D eigenvalue weighted by Crippen LogP contribution is 2.33. The number of morpholine rings is 1. The number of hydrogen-bond acceptors (Lipinski definition) is 6. The zero-order valence-electron chi connectivity index (χ0n) is 18.1. The van der Waals surface area contributed by atoms with Crippen molar-refractivity contribution in [1.29, 1.82) is 0 Å². The van der Waals surface area contributed by atoms with Crippen LogP contribution >= 0.6 is 0 Å². The zero-order chi connectivity index (χ0) is 22.9. The number of rotatable bonds is 6. The lowest BCUT2D eigenvalue weighted by molar-refractivity contribution is 0.0730. The number of hydrogen-bond donors (Lipinski definition) is 1. The second-order valence-electron chi connectivity index (χ2n) is 8.26. The van der Waals surface area contributed by atoms with Gasteiger partial charge in [0.25, 0.3) is 10.0 Å². The molecule has 8 nitrogen and oxygen atoms in total. The summed E-state index contributed by atoms with van der Waals surface area (Å²) in [7, 11) is -6.18. The van der Waals surface area contributed by atoms with Crippen molar-refractivity contribution in [2.45, 2.75) is 36.0 Å². The van der Waals surface area contributed by atoms with Crippen molar-refractivity contribution in [2.75, 3.05) is 38.1 Å². The second kappa shape index (κ2) is 8.78. The van der Waals surface area contributed by atoms with E-state index in [4.69, 9.17) is 9.47 Å². The molecule has 1 N–H and O–H groups in total. The Labute approximate surface area is 184 Å². The van der Waals surface area contributed by atoms with Crippen LogP contribution in [0.25, 0.3) is 0 Å². The molecule has 2 aromatic carbocycles. The van der Waals surface area contributed by atoms with Gasteiger partial charge in [-0.2, -0.15) is 4.31 Å². The summed E-state index contributed by atoms with van der Waals surface area (Å²) in [5.41, 5.74) is 1.08. The van der Waals surface area contributed by atoms with Gasteiger partial charge in [-0.25, -0.2) is 16.8 Å². The number of nitrogens with zero attached hydrogens (tertiary/aromatic N) is 1. The minimum atomic E-state index is -3.95.